The van der Waals surface area contributed by atoms with E-state index in [0.29, 0.717) is 0 Å². The standard InChI is InChI=1S/C22H27N3O4/c26-19-13-29-21(28)25(19)12-18(17-4-2-1-3-5-17)23-20(27)24-22-9-14-6-15(10-22)8-16(7-14)11-22/h1-5,14-16,18H,6-13H2,(H2,23,24,27)/t14?,15?,16?,18-,22?/m1/s1. The van der Waals surface area contributed by atoms with Gasteiger partial charge in [0.2, 0.25) is 0 Å². The third-order valence-corrected chi connectivity index (χ3v) is 7.13. The molecule has 4 bridgehead atoms. The Morgan fingerprint density at radius 3 is 2.24 bits per heavy atom. The van der Waals surface area contributed by atoms with Gasteiger partial charge in [0.15, 0.2) is 6.61 Å². The molecule has 0 unspecified atom stereocenters. The SMILES string of the molecule is O=C(N[C@H](CN1C(=O)COC1=O)c1ccccc1)NC12CC3CC(CC(C3)C1)C2. The van der Waals surface area contributed by atoms with Gasteiger partial charge in [0, 0.05) is 5.54 Å². The summed E-state index contributed by atoms with van der Waals surface area (Å²) in [5.41, 5.74) is 0.753. The summed E-state index contributed by atoms with van der Waals surface area (Å²) >= 11 is 0. The minimum Gasteiger partial charge on any atom is -0.439 e. The second-order valence-electron chi connectivity index (χ2n) is 9.32. The molecular weight excluding hydrogens is 370 g/mol. The molecule has 1 aromatic rings. The van der Waals surface area contributed by atoms with E-state index in [4.69, 9.17) is 4.74 Å². The number of imide groups is 1. The molecule has 6 rings (SSSR count). The molecule has 0 aromatic heterocycles. The number of ether oxygens (including phenoxy) is 1. The largest absolute Gasteiger partial charge is 0.439 e. The Bertz CT molecular complexity index is 773. The fraction of sp³-hybridized carbons (Fsp3) is 0.591. The first-order chi connectivity index (χ1) is 14.0. The zero-order chi connectivity index (χ0) is 20.0. The van der Waals surface area contributed by atoms with Crippen molar-refractivity contribution in [2.45, 2.75) is 50.1 Å². The van der Waals surface area contributed by atoms with Crippen molar-refractivity contribution < 1.29 is 19.1 Å². The number of carbonyl (C=O) groups is 3. The van der Waals surface area contributed by atoms with Gasteiger partial charge in [-0.3, -0.25) is 4.79 Å². The van der Waals surface area contributed by atoms with E-state index in [2.05, 4.69) is 10.6 Å². The molecule has 0 radical (unpaired) electrons. The van der Waals surface area contributed by atoms with Crippen molar-refractivity contribution in [2.24, 2.45) is 17.8 Å². The summed E-state index contributed by atoms with van der Waals surface area (Å²) in [6, 6.07) is 8.73. The van der Waals surface area contributed by atoms with Gasteiger partial charge in [0.05, 0.1) is 12.6 Å². The molecule has 1 atom stereocenters. The summed E-state index contributed by atoms with van der Waals surface area (Å²) in [6.07, 6.45) is 6.49. The molecule has 1 saturated heterocycles. The average molecular weight is 397 g/mol. The Balaban J connectivity index is 1.30. The summed E-state index contributed by atoms with van der Waals surface area (Å²) < 4.78 is 4.82. The highest BCUT2D eigenvalue weighted by Crippen LogP contribution is 2.55. The molecule has 154 valence electrons. The minimum absolute atomic E-state index is 0.0655. The highest BCUT2D eigenvalue weighted by Gasteiger charge is 2.51. The van der Waals surface area contributed by atoms with Gasteiger partial charge in [-0.1, -0.05) is 30.3 Å². The van der Waals surface area contributed by atoms with Crippen LogP contribution in [0.5, 0.6) is 0 Å². The Hall–Kier alpha value is -2.57. The lowest BCUT2D eigenvalue weighted by atomic mass is 9.53. The highest BCUT2D eigenvalue weighted by molar-refractivity contribution is 5.97. The van der Waals surface area contributed by atoms with E-state index in [1.54, 1.807) is 0 Å². The maximum atomic E-state index is 13.0. The second kappa shape index (κ2) is 7.04. The summed E-state index contributed by atoms with van der Waals surface area (Å²) in [7, 11) is 0. The molecule has 1 aliphatic heterocycles. The molecule has 2 N–H and O–H groups in total. The zero-order valence-corrected chi connectivity index (χ0v) is 16.4. The summed E-state index contributed by atoms with van der Waals surface area (Å²) in [6.45, 7) is -0.171. The van der Waals surface area contributed by atoms with Crippen LogP contribution in [0.1, 0.15) is 50.1 Å². The number of amides is 4. The van der Waals surface area contributed by atoms with E-state index >= 15 is 0 Å². The van der Waals surface area contributed by atoms with Crippen molar-refractivity contribution in [3.63, 3.8) is 0 Å². The summed E-state index contributed by atoms with van der Waals surface area (Å²) in [5, 5.41) is 6.33. The number of hydrogen-bond donors (Lipinski definition) is 2. The van der Waals surface area contributed by atoms with E-state index < -0.39 is 12.1 Å². The number of carbonyl (C=O) groups excluding carboxylic acids is 3. The van der Waals surface area contributed by atoms with Crippen molar-refractivity contribution in [1.29, 1.82) is 0 Å². The summed E-state index contributed by atoms with van der Waals surface area (Å²) in [5.74, 6) is 1.84. The van der Waals surface area contributed by atoms with Crippen LogP contribution in [0.15, 0.2) is 30.3 Å². The van der Waals surface area contributed by atoms with E-state index in [1.165, 1.54) is 19.3 Å². The monoisotopic (exact) mass is 397 g/mol. The Labute approximate surface area is 170 Å². The maximum absolute atomic E-state index is 13.0. The third-order valence-electron chi connectivity index (χ3n) is 7.13. The van der Waals surface area contributed by atoms with Crippen LogP contribution >= 0.6 is 0 Å². The Morgan fingerprint density at radius 1 is 1.07 bits per heavy atom. The van der Waals surface area contributed by atoms with Crippen molar-refractivity contribution in [3.8, 4) is 0 Å². The predicted molar refractivity (Wildman–Crippen MR) is 105 cm³/mol. The number of benzene rings is 1. The topological polar surface area (TPSA) is 87.7 Å². The predicted octanol–water partition coefficient (Wildman–Crippen LogP) is 2.97. The molecule has 5 fully saturated rings. The molecule has 4 amide bonds. The van der Waals surface area contributed by atoms with Gasteiger partial charge in [-0.2, -0.15) is 0 Å². The zero-order valence-electron chi connectivity index (χ0n) is 16.4. The normalized spacial score (nSPS) is 33.5. The van der Waals surface area contributed by atoms with Crippen LogP contribution in [-0.4, -0.2) is 41.6 Å². The summed E-state index contributed by atoms with van der Waals surface area (Å²) in [4.78, 5) is 38.0. The van der Waals surface area contributed by atoms with Gasteiger partial charge >= 0.3 is 12.1 Å². The number of nitrogens with one attached hydrogen (secondary N) is 2. The maximum Gasteiger partial charge on any atom is 0.417 e. The Morgan fingerprint density at radius 2 is 1.69 bits per heavy atom. The first-order valence-corrected chi connectivity index (χ1v) is 10.6. The fourth-order valence-corrected chi connectivity index (χ4v) is 6.36. The minimum atomic E-state index is -0.653. The molecular formula is C22H27N3O4. The van der Waals surface area contributed by atoms with Crippen LogP contribution in [0.4, 0.5) is 9.59 Å². The van der Waals surface area contributed by atoms with Gasteiger partial charge in [-0.25, -0.2) is 14.5 Å². The molecule has 4 saturated carbocycles. The number of hydrogen-bond acceptors (Lipinski definition) is 4. The van der Waals surface area contributed by atoms with Gasteiger partial charge < -0.3 is 15.4 Å². The molecule has 29 heavy (non-hydrogen) atoms. The second-order valence-corrected chi connectivity index (χ2v) is 9.32. The van der Waals surface area contributed by atoms with Gasteiger partial charge in [0.25, 0.3) is 5.91 Å². The number of cyclic esters (lactones) is 1. The van der Waals surface area contributed by atoms with Crippen molar-refractivity contribution in [3.05, 3.63) is 35.9 Å². The van der Waals surface area contributed by atoms with Gasteiger partial charge in [-0.15, -0.1) is 0 Å². The fourth-order valence-electron chi connectivity index (χ4n) is 6.36. The van der Waals surface area contributed by atoms with Crippen LogP contribution in [0.25, 0.3) is 0 Å². The molecule has 7 heteroatoms. The molecule has 0 spiro atoms. The molecule has 1 heterocycles. The number of nitrogens with zero attached hydrogens (tertiary/aromatic N) is 1. The lowest BCUT2D eigenvalue weighted by molar-refractivity contribution is -0.126. The number of rotatable bonds is 5. The van der Waals surface area contributed by atoms with Gasteiger partial charge in [0.1, 0.15) is 0 Å². The first kappa shape index (κ1) is 18.5. The van der Waals surface area contributed by atoms with E-state index in [-0.39, 0.29) is 30.6 Å². The third kappa shape index (κ3) is 3.58. The van der Waals surface area contributed by atoms with Crippen LogP contribution in [0.3, 0.4) is 0 Å². The van der Waals surface area contributed by atoms with Gasteiger partial charge in [-0.05, 0) is 61.8 Å². The molecule has 1 aromatic carbocycles. The lowest BCUT2D eigenvalue weighted by Gasteiger charge is -2.56. The van der Waals surface area contributed by atoms with E-state index in [1.807, 2.05) is 30.3 Å². The molecule has 4 aliphatic carbocycles. The quantitative estimate of drug-likeness (QED) is 0.800. The van der Waals surface area contributed by atoms with E-state index in [9.17, 15) is 14.4 Å². The van der Waals surface area contributed by atoms with Crippen LogP contribution in [0, 0.1) is 17.8 Å². The van der Waals surface area contributed by atoms with E-state index in [0.717, 1.165) is 47.5 Å². The highest BCUT2D eigenvalue weighted by atomic mass is 16.6. The molecule has 5 aliphatic rings. The smallest absolute Gasteiger partial charge is 0.417 e. The van der Waals surface area contributed by atoms with Crippen molar-refractivity contribution in [1.82, 2.24) is 15.5 Å². The van der Waals surface area contributed by atoms with Crippen molar-refractivity contribution >= 4 is 18.0 Å². The van der Waals surface area contributed by atoms with Crippen LogP contribution in [-0.2, 0) is 9.53 Å². The van der Waals surface area contributed by atoms with Crippen LogP contribution in [0.2, 0.25) is 0 Å². The van der Waals surface area contributed by atoms with Crippen LogP contribution < -0.4 is 10.6 Å². The Kier molecular flexibility index (Phi) is 4.48. The average Bonchev–Trinajstić information content (AvgIpc) is 2.98. The number of urea groups is 1. The van der Waals surface area contributed by atoms with Crippen molar-refractivity contribution in [2.75, 3.05) is 13.2 Å². The first-order valence-electron chi connectivity index (χ1n) is 10.6. The molecule has 7 nitrogen and oxygen atoms in total. The lowest BCUT2D eigenvalue weighted by Crippen LogP contribution is -2.61.